The minimum Gasteiger partial charge on any atom is -0.361 e. The summed E-state index contributed by atoms with van der Waals surface area (Å²) in [6.07, 6.45) is -5.90. The Morgan fingerprint density at radius 2 is 1.50 bits per heavy atom. The molecule has 0 aromatic heterocycles. The predicted octanol–water partition coefficient (Wildman–Crippen LogP) is 2.96. The lowest BCUT2D eigenvalue weighted by Crippen LogP contribution is -2.55. The van der Waals surface area contributed by atoms with Crippen molar-refractivity contribution >= 4 is 12.6 Å². The van der Waals surface area contributed by atoms with Gasteiger partial charge in [0.15, 0.2) is 0 Å². The van der Waals surface area contributed by atoms with E-state index in [0.717, 1.165) is 0 Å². The van der Waals surface area contributed by atoms with Gasteiger partial charge in [0.25, 0.3) is 0 Å². The molecule has 0 aliphatic heterocycles. The molecular weight excluding hydrogens is 313 g/mol. The van der Waals surface area contributed by atoms with Crippen LogP contribution < -0.4 is 5.32 Å². The molecule has 0 spiro atoms. The van der Waals surface area contributed by atoms with Crippen LogP contribution in [0.2, 0.25) is 0 Å². The van der Waals surface area contributed by atoms with Crippen LogP contribution in [0.1, 0.15) is 34.6 Å². The van der Waals surface area contributed by atoms with Gasteiger partial charge in [-0.05, 0) is 26.7 Å². The molecule has 132 valence electrons. The largest absolute Gasteiger partial charge is 0.461 e. The molecular formula is C13H22F5NO3. The van der Waals surface area contributed by atoms with Crippen molar-refractivity contribution in [2.24, 2.45) is 5.92 Å². The molecule has 0 bridgehead atoms. The van der Waals surface area contributed by atoms with Crippen LogP contribution >= 0.6 is 0 Å². The number of carbonyl (C=O) groups is 2. The zero-order chi connectivity index (χ0) is 18.4. The van der Waals surface area contributed by atoms with Gasteiger partial charge >= 0.3 is 12.1 Å². The van der Waals surface area contributed by atoms with E-state index in [-0.39, 0.29) is 6.73 Å². The molecule has 0 aliphatic carbocycles. The number of carbonyl (C=O) groups excluding carboxylic acids is 2. The maximum atomic E-state index is 13.0. The van der Waals surface area contributed by atoms with Crippen LogP contribution in [0.5, 0.6) is 0 Å². The number of alkyl halides is 5. The van der Waals surface area contributed by atoms with Gasteiger partial charge < -0.3 is 9.53 Å². The number of nitrogens with one attached hydrogen (secondary N) is 1. The summed E-state index contributed by atoms with van der Waals surface area (Å²) in [7, 11) is 0. The quantitative estimate of drug-likeness (QED) is 0.599. The van der Waals surface area contributed by atoms with Crippen molar-refractivity contribution in [2.75, 3.05) is 6.73 Å². The molecule has 0 rings (SSSR count). The molecule has 0 heterocycles. The Balaban J connectivity index is 0. The average Bonchev–Trinajstić information content (AvgIpc) is 2.33. The molecule has 0 aromatic carbocycles. The number of ether oxygens (including phenoxy) is 1. The molecule has 1 atom stereocenters. The second-order valence-electron chi connectivity index (χ2n) is 5.76. The first-order valence-corrected chi connectivity index (χ1v) is 6.35. The first-order valence-electron chi connectivity index (χ1n) is 6.35. The molecule has 0 aromatic rings. The predicted molar refractivity (Wildman–Crippen MR) is 70.6 cm³/mol. The molecule has 22 heavy (non-hydrogen) atoms. The highest BCUT2D eigenvalue weighted by molar-refractivity contribution is 5.91. The second-order valence-corrected chi connectivity index (χ2v) is 5.76. The highest BCUT2D eigenvalue weighted by Gasteiger charge is 2.64. The van der Waals surface area contributed by atoms with Crippen molar-refractivity contribution in [2.45, 2.75) is 58.4 Å². The number of Topliss-reactive ketones (excluding diaryl/α,β-unsaturated/α-hetero) is 1. The lowest BCUT2D eigenvalue weighted by atomic mass is 9.96. The van der Waals surface area contributed by atoms with Crippen molar-refractivity contribution in [1.29, 1.82) is 0 Å². The van der Waals surface area contributed by atoms with Gasteiger partial charge in [0.2, 0.25) is 5.78 Å². The van der Waals surface area contributed by atoms with Gasteiger partial charge in [0, 0.05) is 0 Å². The maximum Gasteiger partial charge on any atom is 0.461 e. The Labute approximate surface area is 126 Å². The summed E-state index contributed by atoms with van der Waals surface area (Å²) in [6.45, 7) is 9.51. The van der Waals surface area contributed by atoms with E-state index in [9.17, 15) is 26.7 Å². The lowest BCUT2D eigenvalue weighted by Gasteiger charge is -2.28. The monoisotopic (exact) mass is 335 g/mol. The Bertz CT molecular complexity index is 351. The number of ketones is 1. The van der Waals surface area contributed by atoms with Crippen LogP contribution in [0, 0.1) is 5.92 Å². The fraction of sp³-hybridized carbons (Fsp3) is 0.846. The van der Waals surface area contributed by atoms with Crippen molar-refractivity contribution in [3.63, 3.8) is 0 Å². The maximum absolute atomic E-state index is 13.0. The third kappa shape index (κ3) is 7.26. The summed E-state index contributed by atoms with van der Waals surface area (Å²) in [5.74, 6) is -8.31. The van der Waals surface area contributed by atoms with Gasteiger partial charge in [-0.1, -0.05) is 13.8 Å². The van der Waals surface area contributed by atoms with Crippen LogP contribution in [0.25, 0.3) is 0 Å². The number of hydrogen-bond donors (Lipinski definition) is 1. The van der Waals surface area contributed by atoms with E-state index in [0.29, 0.717) is 0 Å². The average molecular weight is 335 g/mol. The fourth-order valence-electron chi connectivity index (χ4n) is 1.31. The SMILES string of the molecule is C=O.CC(C)C(NCOC(C)(C)C)C(=O)C(F)(F)C(F)(F)F. The molecule has 0 saturated heterocycles. The standard InChI is InChI=1S/C12H20F5NO2.CH2O/c1-7(2)8(18-6-20-10(3,4)5)9(19)11(13,14)12(15,16)17;1-2/h7-8,18H,6H2,1-5H3;1H2. The van der Waals surface area contributed by atoms with E-state index in [2.05, 4.69) is 5.32 Å². The molecule has 0 fully saturated rings. The Morgan fingerprint density at radius 3 is 1.77 bits per heavy atom. The van der Waals surface area contributed by atoms with E-state index in [1.54, 1.807) is 20.8 Å². The fourth-order valence-corrected chi connectivity index (χ4v) is 1.31. The third-order valence-electron chi connectivity index (χ3n) is 2.42. The highest BCUT2D eigenvalue weighted by atomic mass is 19.4. The normalized spacial score (nSPS) is 14.3. The highest BCUT2D eigenvalue weighted by Crippen LogP contribution is 2.37. The molecule has 0 saturated carbocycles. The molecule has 0 radical (unpaired) electrons. The van der Waals surface area contributed by atoms with Crippen LogP contribution in [0.3, 0.4) is 0 Å². The Kier molecular flexibility index (Phi) is 8.98. The van der Waals surface area contributed by atoms with Crippen LogP contribution in [-0.4, -0.2) is 43.0 Å². The Morgan fingerprint density at radius 1 is 1.09 bits per heavy atom. The summed E-state index contributed by atoms with van der Waals surface area (Å²) >= 11 is 0. The van der Waals surface area contributed by atoms with E-state index in [1.165, 1.54) is 13.8 Å². The smallest absolute Gasteiger partial charge is 0.361 e. The summed E-state index contributed by atoms with van der Waals surface area (Å²) in [6, 6.07) is -1.64. The molecule has 4 nitrogen and oxygen atoms in total. The van der Waals surface area contributed by atoms with Crippen LogP contribution in [-0.2, 0) is 14.3 Å². The molecule has 0 amide bonds. The van der Waals surface area contributed by atoms with Crippen molar-refractivity contribution < 1.29 is 36.3 Å². The summed E-state index contributed by atoms with van der Waals surface area (Å²) in [5, 5.41) is 2.30. The zero-order valence-electron chi connectivity index (χ0n) is 13.2. The van der Waals surface area contributed by atoms with E-state index in [4.69, 9.17) is 9.53 Å². The summed E-state index contributed by atoms with van der Waals surface area (Å²) < 4.78 is 67.8. The molecule has 1 N–H and O–H groups in total. The molecule has 1 unspecified atom stereocenters. The zero-order valence-corrected chi connectivity index (χ0v) is 13.2. The van der Waals surface area contributed by atoms with Gasteiger partial charge in [-0.15, -0.1) is 0 Å². The van der Waals surface area contributed by atoms with Crippen molar-refractivity contribution in [3.8, 4) is 0 Å². The lowest BCUT2D eigenvalue weighted by molar-refractivity contribution is -0.270. The number of halogens is 5. The third-order valence-corrected chi connectivity index (χ3v) is 2.42. The Hall–Kier alpha value is -1.09. The van der Waals surface area contributed by atoms with Gasteiger partial charge in [-0.2, -0.15) is 22.0 Å². The van der Waals surface area contributed by atoms with Gasteiger partial charge in [-0.3, -0.25) is 10.1 Å². The van der Waals surface area contributed by atoms with Gasteiger partial charge in [0.1, 0.15) is 6.79 Å². The van der Waals surface area contributed by atoms with Crippen molar-refractivity contribution in [1.82, 2.24) is 5.32 Å². The summed E-state index contributed by atoms with van der Waals surface area (Å²) in [5.41, 5.74) is -0.607. The van der Waals surface area contributed by atoms with Gasteiger partial charge in [-0.25, -0.2) is 0 Å². The van der Waals surface area contributed by atoms with Crippen molar-refractivity contribution in [3.05, 3.63) is 0 Å². The number of rotatable bonds is 6. The molecule has 0 aliphatic rings. The minimum absolute atomic E-state index is 0.300. The minimum atomic E-state index is -5.90. The van der Waals surface area contributed by atoms with Crippen LogP contribution in [0.4, 0.5) is 22.0 Å². The van der Waals surface area contributed by atoms with E-state index < -0.39 is 35.4 Å². The van der Waals surface area contributed by atoms with E-state index in [1.807, 2.05) is 6.79 Å². The molecule has 9 heteroatoms. The first kappa shape index (κ1) is 23.2. The first-order chi connectivity index (χ1) is 9.70. The number of hydrogen-bond acceptors (Lipinski definition) is 4. The topological polar surface area (TPSA) is 55.4 Å². The van der Waals surface area contributed by atoms with Gasteiger partial charge in [0.05, 0.1) is 18.4 Å². The van der Waals surface area contributed by atoms with Crippen LogP contribution in [0.15, 0.2) is 0 Å². The second kappa shape index (κ2) is 8.52. The van der Waals surface area contributed by atoms with E-state index >= 15 is 0 Å². The summed E-state index contributed by atoms with van der Waals surface area (Å²) in [4.78, 5) is 19.4.